The fourth-order valence-corrected chi connectivity index (χ4v) is 2.60. The Morgan fingerprint density at radius 1 is 1.20 bits per heavy atom. The van der Waals surface area contributed by atoms with Gasteiger partial charge in [0.25, 0.3) is 0 Å². The molecule has 1 aromatic heterocycles. The van der Waals surface area contributed by atoms with Gasteiger partial charge in [0, 0.05) is 24.1 Å². The molecule has 0 aliphatic carbocycles. The second-order valence-electron chi connectivity index (χ2n) is 4.65. The van der Waals surface area contributed by atoms with Crippen molar-refractivity contribution in [3.05, 3.63) is 53.8 Å². The Morgan fingerprint density at radius 2 is 2.05 bits per heavy atom. The number of hydrogen-bond donors (Lipinski definition) is 0. The first-order chi connectivity index (χ1) is 9.72. The van der Waals surface area contributed by atoms with Crippen molar-refractivity contribution in [1.29, 1.82) is 0 Å². The van der Waals surface area contributed by atoms with Crippen molar-refractivity contribution in [3.63, 3.8) is 0 Å². The Morgan fingerprint density at radius 3 is 2.80 bits per heavy atom. The van der Waals surface area contributed by atoms with Crippen LogP contribution in [0.1, 0.15) is 12.5 Å². The van der Waals surface area contributed by atoms with Crippen LogP contribution < -0.4 is 0 Å². The summed E-state index contributed by atoms with van der Waals surface area (Å²) in [7, 11) is 0. The number of halogens is 2. The van der Waals surface area contributed by atoms with E-state index in [1.165, 1.54) is 12.1 Å². The second-order valence-corrected chi connectivity index (χ2v) is 4.91. The third-order valence-corrected chi connectivity index (χ3v) is 3.67. The molecule has 2 aromatic carbocycles. The van der Waals surface area contributed by atoms with Crippen LogP contribution in [-0.2, 0) is 12.4 Å². The summed E-state index contributed by atoms with van der Waals surface area (Å²) in [4.78, 5) is 4.57. The molecule has 0 fully saturated rings. The molecule has 0 aliphatic heterocycles. The summed E-state index contributed by atoms with van der Waals surface area (Å²) in [5.41, 5.74) is 3.67. The maximum absolute atomic E-state index is 13.3. The summed E-state index contributed by atoms with van der Waals surface area (Å²) in [5.74, 6) is 1.05. The first kappa shape index (κ1) is 13.1. The quantitative estimate of drug-likeness (QED) is 0.644. The number of alkyl halides is 1. The van der Waals surface area contributed by atoms with E-state index in [1.807, 2.05) is 24.3 Å². The molecule has 2 nitrogen and oxygen atoms in total. The van der Waals surface area contributed by atoms with Crippen molar-refractivity contribution in [2.75, 3.05) is 0 Å². The highest BCUT2D eigenvalue weighted by atomic mass is 35.5. The van der Waals surface area contributed by atoms with Crippen LogP contribution in [0, 0.1) is 5.82 Å². The molecule has 0 bridgehead atoms. The van der Waals surface area contributed by atoms with Crippen LogP contribution in [0.15, 0.2) is 42.5 Å². The highest BCUT2D eigenvalue weighted by Crippen LogP contribution is 2.26. The number of benzene rings is 2. The van der Waals surface area contributed by atoms with Crippen molar-refractivity contribution in [3.8, 4) is 11.4 Å². The molecule has 0 spiro atoms. The number of aromatic nitrogens is 2. The Hall–Kier alpha value is -1.87. The predicted molar refractivity (Wildman–Crippen MR) is 80.4 cm³/mol. The van der Waals surface area contributed by atoms with Gasteiger partial charge >= 0.3 is 0 Å². The molecule has 0 radical (unpaired) electrons. The molecule has 4 heteroatoms. The average molecular weight is 289 g/mol. The van der Waals surface area contributed by atoms with Crippen LogP contribution in [0.4, 0.5) is 4.39 Å². The number of aryl methyl sites for hydroxylation is 1. The standard InChI is InChI=1S/C16H14ClFN2/c1-2-20-15-7-6-13(18)9-14(15)19-16(20)12-5-3-4-11(8-12)10-17/h3-9H,2,10H2,1H3. The van der Waals surface area contributed by atoms with E-state index in [1.54, 1.807) is 6.07 Å². The van der Waals surface area contributed by atoms with E-state index in [0.717, 1.165) is 29.0 Å². The van der Waals surface area contributed by atoms with Crippen LogP contribution in [0.5, 0.6) is 0 Å². The van der Waals surface area contributed by atoms with Crippen LogP contribution in [0.2, 0.25) is 0 Å². The van der Waals surface area contributed by atoms with Crippen molar-refractivity contribution in [2.24, 2.45) is 0 Å². The number of fused-ring (bicyclic) bond motifs is 1. The average Bonchev–Trinajstić information content (AvgIpc) is 2.84. The number of nitrogens with zero attached hydrogens (tertiary/aromatic N) is 2. The fraction of sp³-hybridized carbons (Fsp3) is 0.188. The molecule has 1 heterocycles. The molecule has 102 valence electrons. The largest absolute Gasteiger partial charge is 0.324 e. The maximum Gasteiger partial charge on any atom is 0.141 e. The Kier molecular flexibility index (Phi) is 3.45. The van der Waals surface area contributed by atoms with Crippen molar-refractivity contribution in [2.45, 2.75) is 19.3 Å². The highest BCUT2D eigenvalue weighted by molar-refractivity contribution is 6.17. The highest BCUT2D eigenvalue weighted by Gasteiger charge is 2.12. The van der Waals surface area contributed by atoms with Gasteiger partial charge in [0.15, 0.2) is 0 Å². The van der Waals surface area contributed by atoms with E-state index in [4.69, 9.17) is 11.6 Å². The monoisotopic (exact) mass is 288 g/mol. The van der Waals surface area contributed by atoms with Gasteiger partial charge in [-0.1, -0.05) is 18.2 Å². The molecule has 20 heavy (non-hydrogen) atoms. The minimum atomic E-state index is -0.265. The maximum atomic E-state index is 13.3. The first-order valence-electron chi connectivity index (χ1n) is 6.54. The molecular formula is C16H14ClFN2. The van der Waals surface area contributed by atoms with E-state index in [2.05, 4.69) is 16.5 Å². The Balaban J connectivity index is 2.24. The summed E-state index contributed by atoms with van der Waals surface area (Å²) in [6, 6.07) is 12.7. The zero-order valence-electron chi connectivity index (χ0n) is 11.1. The topological polar surface area (TPSA) is 17.8 Å². The SMILES string of the molecule is CCn1c(-c2cccc(CCl)c2)nc2cc(F)ccc21. The molecule has 0 unspecified atom stereocenters. The number of hydrogen-bond acceptors (Lipinski definition) is 1. The minimum Gasteiger partial charge on any atom is -0.324 e. The van der Waals surface area contributed by atoms with Gasteiger partial charge in [-0.25, -0.2) is 9.37 Å². The van der Waals surface area contributed by atoms with Gasteiger partial charge in [-0.15, -0.1) is 11.6 Å². The second kappa shape index (κ2) is 5.25. The molecule has 0 atom stereocenters. The molecule has 0 amide bonds. The number of rotatable bonds is 3. The summed E-state index contributed by atoms with van der Waals surface area (Å²) < 4.78 is 15.4. The lowest BCUT2D eigenvalue weighted by atomic mass is 10.1. The summed E-state index contributed by atoms with van der Waals surface area (Å²) in [5, 5.41) is 0. The van der Waals surface area contributed by atoms with Gasteiger partial charge in [0.05, 0.1) is 11.0 Å². The van der Waals surface area contributed by atoms with E-state index in [-0.39, 0.29) is 5.82 Å². The molecule has 0 N–H and O–H groups in total. The lowest BCUT2D eigenvalue weighted by Gasteiger charge is -2.07. The lowest BCUT2D eigenvalue weighted by Crippen LogP contribution is -1.97. The van der Waals surface area contributed by atoms with Crippen molar-refractivity contribution < 1.29 is 4.39 Å². The van der Waals surface area contributed by atoms with Crippen molar-refractivity contribution >= 4 is 22.6 Å². The van der Waals surface area contributed by atoms with Crippen LogP contribution in [0.25, 0.3) is 22.4 Å². The molecule has 0 saturated carbocycles. The van der Waals surface area contributed by atoms with Gasteiger partial charge in [-0.2, -0.15) is 0 Å². The molecule has 0 saturated heterocycles. The van der Waals surface area contributed by atoms with Gasteiger partial charge in [0.1, 0.15) is 11.6 Å². The first-order valence-corrected chi connectivity index (χ1v) is 7.07. The summed E-state index contributed by atoms with van der Waals surface area (Å²) in [6.45, 7) is 2.84. The Labute approximate surface area is 121 Å². The zero-order valence-corrected chi connectivity index (χ0v) is 11.9. The van der Waals surface area contributed by atoms with Gasteiger partial charge in [-0.05, 0) is 30.7 Å². The lowest BCUT2D eigenvalue weighted by molar-refractivity contribution is 0.629. The summed E-state index contributed by atoms with van der Waals surface area (Å²) in [6.07, 6.45) is 0. The van der Waals surface area contributed by atoms with Crippen LogP contribution in [0.3, 0.4) is 0 Å². The van der Waals surface area contributed by atoms with Gasteiger partial charge in [-0.3, -0.25) is 0 Å². The van der Waals surface area contributed by atoms with E-state index < -0.39 is 0 Å². The van der Waals surface area contributed by atoms with Gasteiger partial charge in [0.2, 0.25) is 0 Å². The molecule has 3 rings (SSSR count). The number of imidazole rings is 1. The minimum absolute atomic E-state index is 0.265. The predicted octanol–water partition coefficient (Wildman–Crippen LogP) is 4.60. The van der Waals surface area contributed by atoms with Crippen LogP contribution >= 0.6 is 11.6 Å². The third-order valence-electron chi connectivity index (χ3n) is 3.37. The molecule has 3 aromatic rings. The third kappa shape index (κ3) is 2.18. The zero-order chi connectivity index (χ0) is 14.1. The Bertz CT molecular complexity index is 764. The molecule has 0 aliphatic rings. The fourth-order valence-electron chi connectivity index (χ4n) is 2.44. The smallest absolute Gasteiger partial charge is 0.141 e. The summed E-state index contributed by atoms with van der Waals surface area (Å²) >= 11 is 5.88. The van der Waals surface area contributed by atoms with E-state index in [9.17, 15) is 4.39 Å². The van der Waals surface area contributed by atoms with Crippen molar-refractivity contribution in [1.82, 2.24) is 9.55 Å². The molecular weight excluding hydrogens is 275 g/mol. The van der Waals surface area contributed by atoms with Gasteiger partial charge < -0.3 is 4.57 Å². The van der Waals surface area contributed by atoms with Crippen LogP contribution in [-0.4, -0.2) is 9.55 Å². The van der Waals surface area contributed by atoms with E-state index >= 15 is 0 Å². The van der Waals surface area contributed by atoms with E-state index in [0.29, 0.717) is 11.4 Å². The normalized spacial score (nSPS) is 11.2.